The highest BCUT2D eigenvalue weighted by Crippen LogP contribution is 2.20. The number of aromatic amines is 1. The lowest BCUT2D eigenvalue weighted by molar-refractivity contribution is -0.385. The molecule has 0 aliphatic heterocycles. The predicted molar refractivity (Wildman–Crippen MR) is 52.2 cm³/mol. The van der Waals surface area contributed by atoms with E-state index in [1.807, 2.05) is 0 Å². The second-order valence-electron chi connectivity index (χ2n) is 3.11. The summed E-state index contributed by atoms with van der Waals surface area (Å²) < 4.78 is 0. The standard InChI is InChI=1S/C8H6N4O4/c1-3-5(12(15)16)2-4-6(9-3)11-7(10-4)8(13)14/h2H,1H3,(H,13,14)(H,9,10,11). The molecule has 8 heteroatoms. The van der Waals surface area contributed by atoms with Gasteiger partial charge in [-0.3, -0.25) is 10.1 Å². The Morgan fingerprint density at radius 2 is 2.25 bits per heavy atom. The van der Waals surface area contributed by atoms with Crippen LogP contribution in [0.4, 0.5) is 5.69 Å². The summed E-state index contributed by atoms with van der Waals surface area (Å²) in [4.78, 5) is 30.6. The quantitative estimate of drug-likeness (QED) is 0.574. The molecule has 0 saturated heterocycles. The Labute approximate surface area is 88.1 Å². The van der Waals surface area contributed by atoms with Crippen LogP contribution in [0.15, 0.2) is 6.07 Å². The van der Waals surface area contributed by atoms with E-state index in [-0.39, 0.29) is 28.4 Å². The van der Waals surface area contributed by atoms with Crippen molar-refractivity contribution in [3.63, 3.8) is 0 Å². The number of pyridine rings is 1. The summed E-state index contributed by atoms with van der Waals surface area (Å²) in [6.45, 7) is 1.46. The van der Waals surface area contributed by atoms with Crippen LogP contribution in [0.3, 0.4) is 0 Å². The van der Waals surface area contributed by atoms with Crippen LogP contribution in [0, 0.1) is 17.0 Å². The molecular formula is C8H6N4O4. The fourth-order valence-electron chi connectivity index (χ4n) is 1.31. The van der Waals surface area contributed by atoms with Gasteiger partial charge in [-0.15, -0.1) is 0 Å². The van der Waals surface area contributed by atoms with Crippen LogP contribution in [0.2, 0.25) is 0 Å². The van der Waals surface area contributed by atoms with Gasteiger partial charge in [-0.05, 0) is 6.92 Å². The predicted octanol–water partition coefficient (Wildman–Crippen LogP) is 0.873. The van der Waals surface area contributed by atoms with E-state index in [1.165, 1.54) is 13.0 Å². The lowest BCUT2D eigenvalue weighted by atomic mass is 10.3. The Kier molecular flexibility index (Phi) is 2.04. The van der Waals surface area contributed by atoms with Crippen molar-refractivity contribution in [1.82, 2.24) is 15.0 Å². The summed E-state index contributed by atoms with van der Waals surface area (Å²) >= 11 is 0. The van der Waals surface area contributed by atoms with E-state index in [0.717, 1.165) is 0 Å². The van der Waals surface area contributed by atoms with Crippen LogP contribution in [0.1, 0.15) is 16.3 Å². The molecule has 0 aliphatic carbocycles. The van der Waals surface area contributed by atoms with Gasteiger partial charge in [0.1, 0.15) is 5.69 Å². The molecule has 8 nitrogen and oxygen atoms in total. The van der Waals surface area contributed by atoms with Gasteiger partial charge in [0, 0.05) is 6.07 Å². The Morgan fingerprint density at radius 3 is 2.81 bits per heavy atom. The maximum absolute atomic E-state index is 10.6. The number of carboxylic acids is 1. The van der Waals surface area contributed by atoms with Crippen molar-refractivity contribution in [2.75, 3.05) is 0 Å². The second-order valence-corrected chi connectivity index (χ2v) is 3.11. The average Bonchev–Trinajstić information content (AvgIpc) is 2.58. The van der Waals surface area contributed by atoms with E-state index in [4.69, 9.17) is 5.11 Å². The number of nitro groups is 1. The molecule has 0 aliphatic rings. The van der Waals surface area contributed by atoms with E-state index in [9.17, 15) is 14.9 Å². The van der Waals surface area contributed by atoms with E-state index in [0.29, 0.717) is 0 Å². The Morgan fingerprint density at radius 1 is 1.56 bits per heavy atom. The first-order chi connectivity index (χ1) is 7.49. The normalized spacial score (nSPS) is 10.6. The molecule has 16 heavy (non-hydrogen) atoms. The highest BCUT2D eigenvalue weighted by molar-refractivity contribution is 5.88. The third kappa shape index (κ3) is 1.45. The minimum Gasteiger partial charge on any atom is -0.475 e. The molecule has 0 saturated carbocycles. The fraction of sp³-hybridized carbons (Fsp3) is 0.125. The molecule has 0 unspecified atom stereocenters. The molecule has 0 atom stereocenters. The molecule has 2 aromatic heterocycles. The first-order valence-electron chi connectivity index (χ1n) is 4.24. The number of aryl methyl sites for hydroxylation is 1. The molecule has 0 aromatic carbocycles. The Hall–Kier alpha value is -2.51. The van der Waals surface area contributed by atoms with Crippen molar-refractivity contribution in [3.05, 3.63) is 27.7 Å². The zero-order valence-corrected chi connectivity index (χ0v) is 8.09. The summed E-state index contributed by atoms with van der Waals surface area (Å²) in [6.07, 6.45) is 0. The number of aromatic carboxylic acids is 1. The van der Waals surface area contributed by atoms with Crippen molar-refractivity contribution >= 4 is 22.8 Å². The summed E-state index contributed by atoms with van der Waals surface area (Å²) in [5.41, 5.74) is 0.407. The van der Waals surface area contributed by atoms with Gasteiger partial charge < -0.3 is 10.1 Å². The third-order valence-electron chi connectivity index (χ3n) is 2.04. The zero-order valence-electron chi connectivity index (χ0n) is 8.09. The first-order valence-corrected chi connectivity index (χ1v) is 4.24. The highest BCUT2D eigenvalue weighted by atomic mass is 16.6. The van der Waals surface area contributed by atoms with Crippen LogP contribution in [0.25, 0.3) is 11.2 Å². The average molecular weight is 222 g/mol. The van der Waals surface area contributed by atoms with Crippen molar-refractivity contribution < 1.29 is 14.8 Å². The molecule has 0 bridgehead atoms. The van der Waals surface area contributed by atoms with Gasteiger partial charge in [-0.2, -0.15) is 0 Å². The van der Waals surface area contributed by atoms with E-state index in [1.54, 1.807) is 0 Å². The number of carbonyl (C=O) groups is 1. The number of H-pyrrole nitrogens is 1. The molecule has 2 aromatic rings. The van der Waals surface area contributed by atoms with E-state index >= 15 is 0 Å². The third-order valence-corrected chi connectivity index (χ3v) is 2.04. The number of rotatable bonds is 2. The summed E-state index contributed by atoms with van der Waals surface area (Å²) in [5, 5.41) is 19.3. The van der Waals surface area contributed by atoms with Gasteiger partial charge in [0.05, 0.1) is 10.4 Å². The summed E-state index contributed by atoms with van der Waals surface area (Å²) in [7, 11) is 0. The van der Waals surface area contributed by atoms with Gasteiger partial charge >= 0.3 is 5.97 Å². The van der Waals surface area contributed by atoms with Crippen LogP contribution in [-0.4, -0.2) is 31.0 Å². The van der Waals surface area contributed by atoms with Gasteiger partial charge in [-0.1, -0.05) is 0 Å². The number of nitrogens with zero attached hydrogens (tertiary/aromatic N) is 3. The van der Waals surface area contributed by atoms with Crippen LogP contribution in [-0.2, 0) is 0 Å². The maximum Gasteiger partial charge on any atom is 0.371 e. The van der Waals surface area contributed by atoms with Crippen molar-refractivity contribution in [3.8, 4) is 0 Å². The Balaban J connectivity index is 2.70. The molecule has 0 amide bonds. The number of nitrogens with one attached hydrogen (secondary N) is 1. The molecule has 82 valence electrons. The largest absolute Gasteiger partial charge is 0.475 e. The van der Waals surface area contributed by atoms with Crippen molar-refractivity contribution in [1.29, 1.82) is 0 Å². The smallest absolute Gasteiger partial charge is 0.371 e. The minimum absolute atomic E-state index is 0.153. The van der Waals surface area contributed by atoms with Crippen LogP contribution in [0.5, 0.6) is 0 Å². The zero-order chi connectivity index (χ0) is 11.9. The second kappa shape index (κ2) is 3.26. The molecule has 0 spiro atoms. The summed E-state index contributed by atoms with van der Waals surface area (Å²) in [5.74, 6) is -1.53. The van der Waals surface area contributed by atoms with Crippen LogP contribution >= 0.6 is 0 Å². The van der Waals surface area contributed by atoms with Gasteiger partial charge in [0.2, 0.25) is 5.82 Å². The number of hydrogen-bond acceptors (Lipinski definition) is 5. The molecule has 2 N–H and O–H groups in total. The van der Waals surface area contributed by atoms with Crippen molar-refractivity contribution in [2.24, 2.45) is 0 Å². The summed E-state index contributed by atoms with van der Waals surface area (Å²) in [6, 6.07) is 1.22. The molecule has 2 heterocycles. The number of imidazole rings is 1. The fourth-order valence-corrected chi connectivity index (χ4v) is 1.31. The number of carboxylic acid groups (broad SMARTS) is 1. The highest BCUT2D eigenvalue weighted by Gasteiger charge is 2.17. The number of aromatic nitrogens is 3. The van der Waals surface area contributed by atoms with Crippen LogP contribution < -0.4 is 0 Å². The lowest BCUT2D eigenvalue weighted by Gasteiger charge is -1.94. The van der Waals surface area contributed by atoms with Gasteiger partial charge in [0.25, 0.3) is 5.69 Å². The van der Waals surface area contributed by atoms with E-state index in [2.05, 4.69) is 15.0 Å². The number of hydrogen-bond donors (Lipinski definition) is 2. The van der Waals surface area contributed by atoms with Gasteiger partial charge in [0.15, 0.2) is 5.65 Å². The molecular weight excluding hydrogens is 216 g/mol. The molecule has 2 rings (SSSR count). The molecule has 0 fully saturated rings. The SMILES string of the molecule is Cc1nc2nc(C(=O)O)[nH]c2cc1[N+](=O)[O-]. The van der Waals surface area contributed by atoms with E-state index < -0.39 is 10.9 Å². The topological polar surface area (TPSA) is 122 Å². The monoisotopic (exact) mass is 222 g/mol. The minimum atomic E-state index is -1.24. The van der Waals surface area contributed by atoms with Gasteiger partial charge in [-0.25, -0.2) is 14.8 Å². The lowest BCUT2D eigenvalue weighted by Crippen LogP contribution is -1.97. The maximum atomic E-state index is 10.6. The Bertz CT molecular complexity index is 603. The number of fused-ring (bicyclic) bond motifs is 1. The molecule has 0 radical (unpaired) electrons. The van der Waals surface area contributed by atoms with Crippen molar-refractivity contribution in [2.45, 2.75) is 6.92 Å². The first kappa shape index (κ1) is 10.0.